The zero-order chi connectivity index (χ0) is 18.1. The van der Waals surface area contributed by atoms with E-state index in [1.54, 1.807) is 24.6 Å². The molecule has 132 valence electrons. The molecular weight excluding hydrogens is 312 g/mol. The van der Waals surface area contributed by atoms with E-state index < -0.39 is 0 Å². The first kappa shape index (κ1) is 18.7. The molecule has 0 unspecified atom stereocenters. The summed E-state index contributed by atoms with van der Waals surface area (Å²) in [5.74, 6) is 0.440. The lowest BCUT2D eigenvalue weighted by molar-refractivity contribution is 0.473. The number of hydrogen-bond donors (Lipinski definition) is 2. The van der Waals surface area contributed by atoms with Crippen LogP contribution >= 0.6 is 0 Å². The molecule has 0 aliphatic heterocycles. The Hall–Kier alpha value is -2.62. The average molecular weight is 338 g/mol. The number of aromatic hydroxyl groups is 2. The van der Waals surface area contributed by atoms with Crippen molar-refractivity contribution in [3.63, 3.8) is 0 Å². The molecule has 0 saturated carbocycles. The lowest BCUT2D eigenvalue weighted by atomic mass is 10.1. The first-order valence-corrected chi connectivity index (χ1v) is 8.77. The van der Waals surface area contributed by atoms with Crippen molar-refractivity contribution in [1.82, 2.24) is 0 Å². The van der Waals surface area contributed by atoms with Crippen LogP contribution in [-0.4, -0.2) is 29.3 Å². The van der Waals surface area contributed by atoms with Gasteiger partial charge in [0.25, 0.3) is 0 Å². The van der Waals surface area contributed by atoms with Crippen LogP contribution in [0.4, 0.5) is 0 Å². The van der Waals surface area contributed by atoms with E-state index in [4.69, 9.17) is 0 Å². The Morgan fingerprint density at radius 3 is 1.60 bits per heavy atom. The van der Waals surface area contributed by atoms with Crippen molar-refractivity contribution < 1.29 is 10.2 Å². The molecule has 0 amide bonds. The van der Waals surface area contributed by atoms with Crippen LogP contribution < -0.4 is 0 Å². The predicted molar refractivity (Wildman–Crippen MR) is 104 cm³/mol. The number of aryl methyl sites for hydroxylation is 2. The molecule has 0 radical (unpaired) electrons. The first-order valence-electron chi connectivity index (χ1n) is 8.77. The maximum Gasteiger partial charge on any atom is 0.129 e. The van der Waals surface area contributed by atoms with E-state index in [1.807, 2.05) is 24.3 Å². The topological polar surface area (TPSA) is 65.2 Å². The summed E-state index contributed by atoms with van der Waals surface area (Å²) in [6, 6.07) is 11.2. The summed E-state index contributed by atoms with van der Waals surface area (Å²) in [6.07, 6.45) is 7.36. The standard InChI is InChI=1S/C21H26N2O2/c1-3-5-16-7-9-20(24)18(11-16)13-22-15-23-14-19-12-17(6-4-2)8-10-21(19)25/h7-14,24-25H,3-6,15H2,1-2H3. The summed E-state index contributed by atoms with van der Waals surface area (Å²) < 4.78 is 0. The van der Waals surface area contributed by atoms with Crippen LogP contribution in [0.1, 0.15) is 48.9 Å². The minimum atomic E-state index is 0.220. The van der Waals surface area contributed by atoms with Crippen molar-refractivity contribution in [2.75, 3.05) is 6.67 Å². The van der Waals surface area contributed by atoms with Gasteiger partial charge in [-0.3, -0.25) is 9.98 Å². The number of benzene rings is 2. The molecule has 2 rings (SSSR count). The summed E-state index contributed by atoms with van der Waals surface area (Å²) in [7, 11) is 0. The van der Waals surface area contributed by atoms with Gasteiger partial charge in [0.15, 0.2) is 0 Å². The van der Waals surface area contributed by atoms with Crippen molar-refractivity contribution in [2.45, 2.75) is 39.5 Å². The third-order valence-corrected chi connectivity index (χ3v) is 3.89. The van der Waals surface area contributed by atoms with Crippen molar-refractivity contribution in [3.05, 3.63) is 58.7 Å². The SMILES string of the molecule is CCCc1ccc(O)c(C=NCN=Cc2cc(CCC)ccc2O)c1. The number of nitrogens with zero attached hydrogens (tertiary/aromatic N) is 2. The van der Waals surface area contributed by atoms with E-state index in [0.717, 1.165) is 25.7 Å². The third kappa shape index (κ3) is 5.75. The molecule has 0 atom stereocenters. The van der Waals surface area contributed by atoms with Crippen LogP contribution in [0.3, 0.4) is 0 Å². The van der Waals surface area contributed by atoms with Crippen LogP contribution in [0.15, 0.2) is 46.4 Å². The lowest BCUT2D eigenvalue weighted by Crippen LogP contribution is -1.91. The highest BCUT2D eigenvalue weighted by molar-refractivity contribution is 5.85. The Labute approximate surface area is 149 Å². The second-order valence-electron chi connectivity index (χ2n) is 6.05. The van der Waals surface area contributed by atoms with Crippen molar-refractivity contribution >= 4 is 12.4 Å². The largest absolute Gasteiger partial charge is 0.507 e. The normalized spacial score (nSPS) is 11.6. The highest BCUT2D eigenvalue weighted by atomic mass is 16.3. The quantitative estimate of drug-likeness (QED) is 0.696. The molecule has 0 heterocycles. The molecule has 4 nitrogen and oxygen atoms in total. The molecule has 2 aromatic carbocycles. The fourth-order valence-electron chi connectivity index (χ4n) is 2.63. The minimum Gasteiger partial charge on any atom is -0.507 e. The Bertz CT molecular complexity index is 688. The van der Waals surface area contributed by atoms with Crippen LogP contribution in [-0.2, 0) is 12.8 Å². The maximum absolute atomic E-state index is 9.89. The first-order chi connectivity index (χ1) is 12.1. The third-order valence-electron chi connectivity index (χ3n) is 3.89. The fourth-order valence-corrected chi connectivity index (χ4v) is 2.63. The summed E-state index contributed by atoms with van der Waals surface area (Å²) in [4.78, 5) is 8.49. The van der Waals surface area contributed by atoms with E-state index >= 15 is 0 Å². The Balaban J connectivity index is 2.00. The van der Waals surface area contributed by atoms with Crippen molar-refractivity contribution in [3.8, 4) is 11.5 Å². The van der Waals surface area contributed by atoms with Crippen molar-refractivity contribution in [1.29, 1.82) is 0 Å². The van der Waals surface area contributed by atoms with Crippen LogP contribution in [0.5, 0.6) is 11.5 Å². The lowest BCUT2D eigenvalue weighted by Gasteiger charge is -2.03. The zero-order valence-corrected chi connectivity index (χ0v) is 14.9. The van der Waals surface area contributed by atoms with Gasteiger partial charge in [0, 0.05) is 23.6 Å². The van der Waals surface area contributed by atoms with E-state index in [0.29, 0.717) is 11.1 Å². The van der Waals surface area contributed by atoms with Gasteiger partial charge >= 0.3 is 0 Å². The second-order valence-corrected chi connectivity index (χ2v) is 6.05. The fraction of sp³-hybridized carbons (Fsp3) is 0.333. The van der Waals surface area contributed by atoms with Gasteiger partial charge in [-0.1, -0.05) is 38.8 Å². The molecule has 0 aromatic heterocycles. The molecule has 0 aliphatic rings. The van der Waals surface area contributed by atoms with E-state index in [9.17, 15) is 10.2 Å². The highest BCUT2D eigenvalue weighted by Gasteiger charge is 2.01. The van der Waals surface area contributed by atoms with Crippen LogP contribution in [0.25, 0.3) is 0 Å². The van der Waals surface area contributed by atoms with Gasteiger partial charge in [0.1, 0.15) is 18.2 Å². The molecule has 0 bridgehead atoms. The summed E-state index contributed by atoms with van der Waals surface area (Å²) in [6.45, 7) is 4.50. The van der Waals surface area contributed by atoms with Crippen molar-refractivity contribution in [2.24, 2.45) is 9.98 Å². The highest BCUT2D eigenvalue weighted by Crippen LogP contribution is 2.18. The predicted octanol–water partition coefficient (Wildman–Crippen LogP) is 4.50. The van der Waals surface area contributed by atoms with E-state index in [1.165, 1.54) is 11.1 Å². The molecule has 25 heavy (non-hydrogen) atoms. The molecule has 0 saturated heterocycles. The summed E-state index contributed by atoms with van der Waals surface area (Å²) >= 11 is 0. The maximum atomic E-state index is 9.89. The second kappa shape index (κ2) is 9.62. The van der Waals surface area contributed by atoms with Gasteiger partial charge in [-0.05, 0) is 48.2 Å². The van der Waals surface area contributed by atoms with Gasteiger partial charge in [-0.15, -0.1) is 0 Å². The summed E-state index contributed by atoms with van der Waals surface area (Å²) in [5.41, 5.74) is 3.77. The number of phenols is 2. The molecule has 4 heteroatoms. The van der Waals surface area contributed by atoms with Crippen LogP contribution in [0, 0.1) is 0 Å². The van der Waals surface area contributed by atoms with Gasteiger partial charge in [0.05, 0.1) is 0 Å². The molecule has 0 aliphatic carbocycles. The number of aliphatic imine (C=N–C) groups is 2. The Morgan fingerprint density at radius 2 is 1.20 bits per heavy atom. The van der Waals surface area contributed by atoms with E-state index in [-0.39, 0.29) is 18.2 Å². The van der Waals surface area contributed by atoms with Crippen LogP contribution in [0.2, 0.25) is 0 Å². The molecule has 0 fully saturated rings. The molecular formula is C21H26N2O2. The van der Waals surface area contributed by atoms with Gasteiger partial charge < -0.3 is 10.2 Å². The number of hydrogen-bond acceptors (Lipinski definition) is 4. The van der Waals surface area contributed by atoms with Gasteiger partial charge in [-0.25, -0.2) is 0 Å². The molecule has 0 spiro atoms. The number of rotatable bonds is 8. The minimum absolute atomic E-state index is 0.220. The van der Waals surface area contributed by atoms with Gasteiger partial charge in [-0.2, -0.15) is 0 Å². The number of phenolic OH excluding ortho intramolecular Hbond substituents is 2. The summed E-state index contributed by atoms with van der Waals surface area (Å²) in [5, 5.41) is 19.8. The Morgan fingerprint density at radius 1 is 0.760 bits per heavy atom. The molecule has 2 aromatic rings. The zero-order valence-electron chi connectivity index (χ0n) is 14.9. The average Bonchev–Trinajstić information content (AvgIpc) is 2.60. The monoisotopic (exact) mass is 338 g/mol. The smallest absolute Gasteiger partial charge is 0.129 e. The molecule has 2 N–H and O–H groups in total. The van der Waals surface area contributed by atoms with Gasteiger partial charge in [0.2, 0.25) is 0 Å². The van der Waals surface area contributed by atoms with E-state index in [2.05, 4.69) is 23.8 Å². The Kier molecular flexibility index (Phi) is 7.20.